The van der Waals surface area contributed by atoms with Crippen molar-refractivity contribution in [1.82, 2.24) is 13.9 Å². The smallest absolute Gasteiger partial charge is 0.245 e. The van der Waals surface area contributed by atoms with Gasteiger partial charge in [-0.3, -0.25) is 0 Å². The van der Waals surface area contributed by atoms with Gasteiger partial charge >= 0.3 is 11.4 Å². The molecule has 212 valence electrons. The topological polar surface area (TPSA) is 48.9 Å². The molecule has 0 fully saturated rings. The molecule has 5 heteroatoms. The van der Waals surface area contributed by atoms with Crippen molar-refractivity contribution in [3.8, 4) is 5.69 Å². The number of benzene rings is 1. The van der Waals surface area contributed by atoms with E-state index in [-0.39, 0.29) is 45.1 Å². The minimum absolute atomic E-state index is 0.00672. The molecule has 1 aromatic carbocycles. The van der Waals surface area contributed by atoms with Crippen molar-refractivity contribution in [3.05, 3.63) is 98.9 Å². The van der Waals surface area contributed by atoms with E-state index >= 15 is 0 Å². The highest BCUT2D eigenvalue weighted by Crippen LogP contribution is 2.41. The SMILES string of the molecule is CC(C)(C)C(=C/C=C/[C@@H]1C=C[C@H](C=C(C(C)(C)C)C(C)(C)C)n2c(=O)n(-c3ccccc3)c(=O)n21)C(C)(C)C. The van der Waals surface area contributed by atoms with Crippen LogP contribution >= 0.6 is 0 Å². The van der Waals surface area contributed by atoms with Gasteiger partial charge in [0.15, 0.2) is 0 Å². The largest absolute Gasteiger partial charge is 0.352 e. The average Bonchev–Trinajstić information content (AvgIpc) is 3.04. The Labute approximate surface area is 235 Å². The fourth-order valence-corrected chi connectivity index (χ4v) is 6.16. The van der Waals surface area contributed by atoms with Crippen LogP contribution in [0.1, 0.15) is 95.2 Å². The van der Waals surface area contributed by atoms with Crippen LogP contribution < -0.4 is 11.4 Å². The van der Waals surface area contributed by atoms with E-state index in [9.17, 15) is 9.59 Å². The molecule has 0 bridgehead atoms. The van der Waals surface area contributed by atoms with Crippen LogP contribution in [-0.4, -0.2) is 13.9 Å². The van der Waals surface area contributed by atoms with Crippen LogP contribution in [0.5, 0.6) is 0 Å². The lowest BCUT2D eigenvalue weighted by Crippen LogP contribution is -2.35. The molecular weight excluding hydrogens is 482 g/mol. The van der Waals surface area contributed by atoms with Crippen LogP contribution in [0.3, 0.4) is 0 Å². The Morgan fingerprint density at radius 3 is 1.54 bits per heavy atom. The van der Waals surface area contributed by atoms with E-state index in [1.54, 1.807) is 21.5 Å². The van der Waals surface area contributed by atoms with Crippen LogP contribution in [0.2, 0.25) is 0 Å². The number of fused-ring (bicyclic) bond motifs is 1. The summed E-state index contributed by atoms with van der Waals surface area (Å²) in [6.07, 6.45) is 12.5. The minimum atomic E-state index is -0.384. The molecule has 2 aromatic rings. The normalized spacial score (nSPS) is 18.3. The highest BCUT2D eigenvalue weighted by atomic mass is 16.2. The van der Waals surface area contributed by atoms with Crippen molar-refractivity contribution in [1.29, 1.82) is 0 Å². The second kappa shape index (κ2) is 10.5. The van der Waals surface area contributed by atoms with E-state index in [2.05, 4.69) is 101 Å². The standard InChI is InChI=1S/C34H49N3O2/c1-31(2,3)27(32(4,5)6)20-16-19-25-21-22-26(23-28(33(7,8)9)34(10,11)12)37-30(39)35(29(38)36(25)37)24-17-14-13-15-18-24/h13-23,25-26H,1-12H3/b19-16+/t25-,26-/m1/s1. The zero-order valence-electron chi connectivity index (χ0n) is 26.2. The first-order valence-corrected chi connectivity index (χ1v) is 14.1. The highest BCUT2D eigenvalue weighted by Gasteiger charge is 2.33. The third kappa shape index (κ3) is 6.57. The summed E-state index contributed by atoms with van der Waals surface area (Å²) >= 11 is 0. The molecule has 0 amide bonds. The average molecular weight is 532 g/mol. The third-order valence-corrected chi connectivity index (χ3v) is 7.23. The van der Waals surface area contributed by atoms with E-state index in [0.717, 1.165) is 0 Å². The Kier molecular flexibility index (Phi) is 8.18. The lowest BCUT2D eigenvalue weighted by molar-refractivity contribution is 0.348. The molecular formula is C34H49N3O2. The molecule has 0 spiro atoms. The first kappa shape index (κ1) is 30.5. The molecule has 1 aliphatic heterocycles. The zero-order chi connectivity index (χ0) is 29.6. The predicted molar refractivity (Wildman–Crippen MR) is 165 cm³/mol. The number of para-hydroxylation sites is 1. The number of hydrogen-bond donors (Lipinski definition) is 0. The van der Waals surface area contributed by atoms with E-state index in [1.165, 1.54) is 15.7 Å². The van der Waals surface area contributed by atoms with Gasteiger partial charge in [-0.15, -0.1) is 0 Å². The molecule has 2 atom stereocenters. The molecule has 3 rings (SSSR count). The lowest BCUT2D eigenvalue weighted by atomic mass is 9.71. The second-order valence-electron chi connectivity index (χ2n) is 14.8. The number of hydrogen-bond acceptors (Lipinski definition) is 2. The van der Waals surface area contributed by atoms with Crippen LogP contribution in [0.4, 0.5) is 0 Å². The summed E-state index contributed by atoms with van der Waals surface area (Å²) in [5.74, 6) is 0. The summed E-state index contributed by atoms with van der Waals surface area (Å²) in [6, 6.07) is 8.42. The maximum absolute atomic E-state index is 13.9. The molecule has 39 heavy (non-hydrogen) atoms. The van der Waals surface area contributed by atoms with Gasteiger partial charge in [0.25, 0.3) is 0 Å². The Morgan fingerprint density at radius 2 is 1.08 bits per heavy atom. The van der Waals surface area contributed by atoms with Crippen molar-refractivity contribution >= 4 is 0 Å². The minimum Gasteiger partial charge on any atom is -0.245 e. The maximum Gasteiger partial charge on any atom is 0.352 e. The summed E-state index contributed by atoms with van der Waals surface area (Å²) < 4.78 is 4.52. The van der Waals surface area contributed by atoms with Crippen LogP contribution in [0, 0.1) is 21.7 Å². The van der Waals surface area contributed by atoms with Gasteiger partial charge in [-0.2, -0.15) is 0 Å². The van der Waals surface area contributed by atoms with Crippen LogP contribution in [0.15, 0.2) is 87.5 Å². The molecule has 0 radical (unpaired) electrons. The number of rotatable bonds is 4. The van der Waals surface area contributed by atoms with Crippen molar-refractivity contribution in [2.75, 3.05) is 0 Å². The Morgan fingerprint density at radius 1 is 0.641 bits per heavy atom. The Balaban J connectivity index is 2.26. The number of nitrogens with zero attached hydrogens (tertiary/aromatic N) is 3. The Hall–Kier alpha value is -3.08. The molecule has 5 nitrogen and oxygen atoms in total. The van der Waals surface area contributed by atoms with Gasteiger partial charge in [-0.25, -0.2) is 23.5 Å². The van der Waals surface area contributed by atoms with Crippen molar-refractivity contribution < 1.29 is 0 Å². The molecule has 1 aromatic heterocycles. The van der Waals surface area contributed by atoms with Crippen molar-refractivity contribution in [2.24, 2.45) is 21.7 Å². The number of aromatic nitrogens is 3. The van der Waals surface area contributed by atoms with Gasteiger partial charge in [-0.05, 0) is 33.8 Å². The van der Waals surface area contributed by atoms with E-state index in [4.69, 9.17) is 0 Å². The molecule has 0 N–H and O–H groups in total. The second-order valence-corrected chi connectivity index (χ2v) is 14.8. The maximum atomic E-state index is 13.9. The first-order valence-electron chi connectivity index (χ1n) is 14.1. The van der Waals surface area contributed by atoms with Gasteiger partial charge in [0.2, 0.25) is 0 Å². The van der Waals surface area contributed by atoms with Crippen LogP contribution in [0.25, 0.3) is 5.69 Å². The monoisotopic (exact) mass is 531 g/mol. The molecule has 0 unspecified atom stereocenters. The van der Waals surface area contributed by atoms with E-state index < -0.39 is 0 Å². The summed E-state index contributed by atoms with van der Waals surface area (Å²) in [4.78, 5) is 27.8. The zero-order valence-corrected chi connectivity index (χ0v) is 26.2. The molecule has 0 saturated heterocycles. The summed E-state index contributed by atoms with van der Waals surface area (Å²) in [5, 5.41) is 0. The summed E-state index contributed by atoms with van der Waals surface area (Å²) in [5.41, 5.74) is 2.27. The van der Waals surface area contributed by atoms with Gasteiger partial charge in [0.1, 0.15) is 0 Å². The third-order valence-electron chi connectivity index (χ3n) is 7.23. The molecule has 1 aliphatic rings. The fourth-order valence-electron chi connectivity index (χ4n) is 6.16. The van der Waals surface area contributed by atoms with E-state index in [1.807, 2.05) is 36.4 Å². The van der Waals surface area contributed by atoms with Gasteiger partial charge < -0.3 is 0 Å². The van der Waals surface area contributed by atoms with Crippen LogP contribution in [-0.2, 0) is 0 Å². The highest BCUT2D eigenvalue weighted by molar-refractivity contribution is 5.32. The van der Waals surface area contributed by atoms with Crippen molar-refractivity contribution in [2.45, 2.75) is 95.2 Å². The predicted octanol–water partition coefficient (Wildman–Crippen LogP) is 8.05. The van der Waals surface area contributed by atoms with Gasteiger partial charge in [0.05, 0.1) is 17.8 Å². The fraction of sp³-hybridized carbons (Fsp3) is 0.529. The molecule has 0 saturated carbocycles. The molecule has 2 heterocycles. The van der Waals surface area contributed by atoms with Gasteiger partial charge in [0, 0.05) is 0 Å². The first-order chi connectivity index (χ1) is 17.7. The van der Waals surface area contributed by atoms with Gasteiger partial charge in [-0.1, -0.05) is 149 Å². The summed E-state index contributed by atoms with van der Waals surface area (Å²) in [7, 11) is 0. The Bertz CT molecular complexity index is 1380. The van der Waals surface area contributed by atoms with E-state index in [0.29, 0.717) is 5.69 Å². The number of allylic oxidation sites excluding steroid dienone is 8. The quantitative estimate of drug-likeness (QED) is 0.296. The lowest BCUT2D eigenvalue weighted by Gasteiger charge is -2.36. The van der Waals surface area contributed by atoms with Crippen molar-refractivity contribution in [3.63, 3.8) is 0 Å². The molecule has 0 aliphatic carbocycles. The summed E-state index contributed by atoms with van der Waals surface area (Å²) in [6.45, 7) is 26.5.